The second kappa shape index (κ2) is 1.76. The number of rotatable bonds is 2. The van der Waals surface area contributed by atoms with Crippen molar-refractivity contribution in [3.63, 3.8) is 0 Å². The molecule has 2 heteroatoms. The van der Waals surface area contributed by atoms with Crippen molar-refractivity contribution in [3.8, 4) is 0 Å². The van der Waals surface area contributed by atoms with Crippen LogP contribution in [0.25, 0.3) is 0 Å². The van der Waals surface area contributed by atoms with Crippen LogP contribution >= 0.6 is 0 Å². The molecular weight excluding hydrogens is 98.1 g/mol. The molecule has 0 amide bonds. The van der Waals surface area contributed by atoms with E-state index in [-0.39, 0.29) is 6.42 Å². The third kappa shape index (κ3) is 1.86. The third-order valence-electron chi connectivity index (χ3n) is 1.14. The number of hydrogen-bond donors (Lipinski definition) is 0. The second-order valence-corrected chi connectivity index (χ2v) is 1.99. The molecule has 0 aromatic carbocycles. The summed E-state index contributed by atoms with van der Waals surface area (Å²) in [6.45, 7) is 0. The minimum atomic E-state index is -1.40. The highest BCUT2D eigenvalue weighted by Crippen LogP contribution is 2.36. The monoisotopic (exact) mass is 105 g/mol. The summed E-state index contributed by atoms with van der Waals surface area (Å²) in [5, 5.41) is 0. The van der Waals surface area contributed by atoms with E-state index < -0.39 is 6.43 Å². The Hall–Kier alpha value is -0.140. The smallest absolute Gasteiger partial charge is 0.200 e. The average molecular weight is 105 g/mol. The molecule has 1 rings (SSSR count). The largest absolute Gasteiger partial charge is 0.310 e. The van der Waals surface area contributed by atoms with Crippen LogP contribution < -0.4 is 0 Å². The second-order valence-electron chi connectivity index (χ2n) is 1.99. The van der Waals surface area contributed by atoms with Crippen LogP contribution in [-0.4, -0.2) is 0 Å². The Bertz CT molecular complexity index is 57.1. The van der Waals surface area contributed by atoms with E-state index in [0.29, 0.717) is 5.92 Å². The van der Waals surface area contributed by atoms with Gasteiger partial charge in [0.1, 0.15) is 0 Å². The molecule has 0 atom stereocenters. The van der Waals surface area contributed by atoms with Gasteiger partial charge < -0.3 is 0 Å². The fourth-order valence-electron chi connectivity index (χ4n) is 0.540. The van der Waals surface area contributed by atoms with E-state index in [4.69, 9.17) is 0 Å². The van der Waals surface area contributed by atoms with Crippen molar-refractivity contribution < 1.29 is 8.78 Å². The summed E-state index contributed by atoms with van der Waals surface area (Å²) in [6.07, 6.45) is 0.678. The molecule has 0 nitrogen and oxygen atoms in total. The fourth-order valence-corrected chi connectivity index (χ4v) is 0.540. The van der Waals surface area contributed by atoms with Gasteiger partial charge in [-0.05, 0) is 18.8 Å². The fraction of sp³-hybridized carbons (Fsp3) is 0.800. The lowest BCUT2D eigenvalue weighted by Gasteiger charge is -1.87. The molecule has 0 aromatic rings. The first-order chi connectivity index (χ1) is 3.29. The van der Waals surface area contributed by atoms with Gasteiger partial charge in [0.05, 0.1) is 0 Å². The molecule has 0 saturated heterocycles. The highest BCUT2D eigenvalue weighted by atomic mass is 19.3. The zero-order valence-electron chi connectivity index (χ0n) is 3.95. The molecule has 7 heavy (non-hydrogen) atoms. The molecule has 41 valence electrons. The summed E-state index contributed by atoms with van der Waals surface area (Å²) in [7, 11) is 0. The third-order valence-corrected chi connectivity index (χ3v) is 1.14. The zero-order valence-corrected chi connectivity index (χ0v) is 3.95. The SMILES string of the molecule is F[C](F)CC1CC1. The van der Waals surface area contributed by atoms with E-state index in [1.54, 1.807) is 0 Å². The first-order valence-electron chi connectivity index (χ1n) is 2.46. The lowest BCUT2D eigenvalue weighted by Crippen LogP contribution is -1.79. The lowest BCUT2D eigenvalue weighted by atomic mass is 10.3. The standard InChI is InChI=1S/C5H7F2/c6-5(7)3-4-1-2-4/h4H,1-3H2. The van der Waals surface area contributed by atoms with Gasteiger partial charge in [0, 0.05) is 6.42 Å². The summed E-state index contributed by atoms with van der Waals surface area (Å²) in [5.74, 6) is 0.338. The Morgan fingerprint density at radius 2 is 2.00 bits per heavy atom. The van der Waals surface area contributed by atoms with Gasteiger partial charge in [-0.1, -0.05) is 0 Å². The van der Waals surface area contributed by atoms with Crippen LogP contribution in [-0.2, 0) is 0 Å². The van der Waals surface area contributed by atoms with Gasteiger partial charge in [-0.3, -0.25) is 0 Å². The van der Waals surface area contributed by atoms with Gasteiger partial charge >= 0.3 is 6.43 Å². The van der Waals surface area contributed by atoms with Crippen molar-refractivity contribution in [3.05, 3.63) is 6.43 Å². The number of hydrogen-bond acceptors (Lipinski definition) is 0. The molecule has 0 N–H and O–H groups in total. The van der Waals surface area contributed by atoms with Gasteiger partial charge in [0.2, 0.25) is 0 Å². The Kier molecular flexibility index (Phi) is 1.26. The summed E-state index contributed by atoms with van der Waals surface area (Å²) in [5.41, 5.74) is 0. The van der Waals surface area contributed by atoms with Gasteiger partial charge in [-0.15, -0.1) is 0 Å². The maximum Gasteiger partial charge on any atom is 0.310 e. The molecule has 1 aliphatic rings. The van der Waals surface area contributed by atoms with Gasteiger partial charge in [-0.25, -0.2) is 0 Å². The molecule has 0 bridgehead atoms. The normalized spacial score (nSPS) is 21.0. The van der Waals surface area contributed by atoms with E-state index >= 15 is 0 Å². The van der Waals surface area contributed by atoms with Crippen LogP contribution in [0.15, 0.2) is 0 Å². The predicted octanol–water partition coefficient (Wildman–Crippen LogP) is 2.21. The highest BCUT2D eigenvalue weighted by molar-refractivity contribution is 4.78. The minimum absolute atomic E-state index is 0.0556. The van der Waals surface area contributed by atoms with Crippen molar-refractivity contribution in [2.24, 2.45) is 5.92 Å². The Morgan fingerprint density at radius 1 is 1.43 bits per heavy atom. The Labute approximate surface area is 41.5 Å². The van der Waals surface area contributed by atoms with Crippen molar-refractivity contribution in [1.82, 2.24) is 0 Å². The van der Waals surface area contributed by atoms with Crippen molar-refractivity contribution in [1.29, 1.82) is 0 Å². The molecule has 1 fully saturated rings. The topological polar surface area (TPSA) is 0 Å². The van der Waals surface area contributed by atoms with Gasteiger partial charge in [-0.2, -0.15) is 8.78 Å². The van der Waals surface area contributed by atoms with Crippen LogP contribution in [0.2, 0.25) is 0 Å². The molecule has 1 saturated carbocycles. The first kappa shape index (κ1) is 5.01. The van der Waals surface area contributed by atoms with Crippen LogP contribution in [0.4, 0.5) is 8.78 Å². The average Bonchev–Trinajstić information content (AvgIpc) is 2.17. The highest BCUT2D eigenvalue weighted by Gasteiger charge is 2.25. The molecular formula is C5H7F2. The van der Waals surface area contributed by atoms with E-state index in [9.17, 15) is 8.78 Å². The van der Waals surface area contributed by atoms with E-state index in [2.05, 4.69) is 0 Å². The molecule has 1 radical (unpaired) electrons. The summed E-state index contributed by atoms with van der Waals surface area (Å²) in [4.78, 5) is 0. The zero-order chi connectivity index (χ0) is 5.28. The Balaban J connectivity index is 1.97. The molecule has 0 aromatic heterocycles. The van der Waals surface area contributed by atoms with E-state index in [0.717, 1.165) is 12.8 Å². The molecule has 0 aliphatic heterocycles. The van der Waals surface area contributed by atoms with Crippen molar-refractivity contribution in [2.45, 2.75) is 19.3 Å². The first-order valence-corrected chi connectivity index (χ1v) is 2.46. The summed E-state index contributed by atoms with van der Waals surface area (Å²) in [6, 6.07) is 0. The van der Waals surface area contributed by atoms with Crippen LogP contribution in [0, 0.1) is 12.3 Å². The molecule has 0 unspecified atom stereocenters. The number of halogens is 2. The quantitative estimate of drug-likeness (QED) is 0.505. The van der Waals surface area contributed by atoms with Crippen LogP contribution in [0.5, 0.6) is 0 Å². The van der Waals surface area contributed by atoms with Crippen LogP contribution in [0.1, 0.15) is 19.3 Å². The maximum absolute atomic E-state index is 11.2. The molecule has 0 heterocycles. The predicted molar refractivity (Wildman–Crippen MR) is 22.8 cm³/mol. The Morgan fingerprint density at radius 3 is 2.14 bits per heavy atom. The van der Waals surface area contributed by atoms with Crippen molar-refractivity contribution in [2.75, 3.05) is 0 Å². The van der Waals surface area contributed by atoms with E-state index in [1.807, 2.05) is 0 Å². The molecule has 0 spiro atoms. The summed E-state index contributed by atoms with van der Waals surface area (Å²) >= 11 is 0. The van der Waals surface area contributed by atoms with Gasteiger partial charge in [0.15, 0.2) is 0 Å². The lowest BCUT2D eigenvalue weighted by molar-refractivity contribution is 0.261. The van der Waals surface area contributed by atoms with E-state index in [1.165, 1.54) is 0 Å². The molecule has 1 aliphatic carbocycles. The maximum atomic E-state index is 11.2. The summed E-state index contributed by atoms with van der Waals surface area (Å²) < 4.78 is 22.5. The minimum Gasteiger partial charge on any atom is -0.200 e. The van der Waals surface area contributed by atoms with Crippen molar-refractivity contribution >= 4 is 0 Å². The van der Waals surface area contributed by atoms with Crippen LogP contribution in [0.3, 0.4) is 0 Å². The van der Waals surface area contributed by atoms with Gasteiger partial charge in [0.25, 0.3) is 0 Å².